The third-order valence-electron chi connectivity index (χ3n) is 3.34. The van der Waals surface area contributed by atoms with Crippen LogP contribution in [-0.4, -0.2) is 29.3 Å². The van der Waals surface area contributed by atoms with Crippen molar-refractivity contribution in [3.05, 3.63) is 35.4 Å². The van der Waals surface area contributed by atoms with Crippen LogP contribution in [0.15, 0.2) is 24.3 Å². The zero-order valence-corrected chi connectivity index (χ0v) is 10.6. The summed E-state index contributed by atoms with van der Waals surface area (Å²) >= 11 is 0. The lowest BCUT2D eigenvalue weighted by Gasteiger charge is -2.33. The van der Waals surface area contributed by atoms with Crippen molar-refractivity contribution >= 4 is 11.8 Å². The van der Waals surface area contributed by atoms with E-state index in [9.17, 15) is 9.59 Å². The minimum atomic E-state index is -0.203. The molecule has 1 atom stereocenters. The highest BCUT2D eigenvalue weighted by Crippen LogP contribution is 2.22. The maximum atomic E-state index is 12.4. The second-order valence-corrected chi connectivity index (χ2v) is 4.58. The summed E-state index contributed by atoms with van der Waals surface area (Å²) in [5, 5.41) is 0. The van der Waals surface area contributed by atoms with Gasteiger partial charge < -0.3 is 5.73 Å². The van der Waals surface area contributed by atoms with Gasteiger partial charge in [0.2, 0.25) is 5.91 Å². The normalized spacial score (nSPS) is 16.7. The van der Waals surface area contributed by atoms with Crippen molar-refractivity contribution in [2.45, 2.75) is 32.2 Å². The molecule has 0 aromatic heterocycles. The van der Waals surface area contributed by atoms with E-state index >= 15 is 0 Å². The highest BCUT2D eigenvalue weighted by Gasteiger charge is 2.34. The van der Waals surface area contributed by atoms with Crippen molar-refractivity contribution in [1.82, 2.24) is 4.90 Å². The first-order valence-corrected chi connectivity index (χ1v) is 6.33. The number of amides is 2. The fraction of sp³-hybridized carbons (Fsp3) is 0.429. The van der Waals surface area contributed by atoms with Gasteiger partial charge >= 0.3 is 0 Å². The van der Waals surface area contributed by atoms with Crippen molar-refractivity contribution in [3.63, 3.8) is 0 Å². The molecule has 0 spiro atoms. The molecule has 18 heavy (non-hydrogen) atoms. The molecule has 4 heteroatoms. The highest BCUT2D eigenvalue weighted by atomic mass is 16.2. The van der Waals surface area contributed by atoms with E-state index in [1.54, 1.807) is 6.07 Å². The van der Waals surface area contributed by atoms with E-state index in [4.69, 9.17) is 5.73 Å². The molecular weight excluding hydrogens is 228 g/mol. The van der Waals surface area contributed by atoms with Gasteiger partial charge in [-0.15, -0.1) is 0 Å². The van der Waals surface area contributed by atoms with Gasteiger partial charge in [-0.3, -0.25) is 14.5 Å². The van der Waals surface area contributed by atoms with Gasteiger partial charge in [-0.05, 0) is 18.1 Å². The zero-order chi connectivity index (χ0) is 13.1. The van der Waals surface area contributed by atoms with E-state index in [0.29, 0.717) is 18.5 Å². The first-order valence-electron chi connectivity index (χ1n) is 6.33. The number of benzene rings is 1. The summed E-state index contributed by atoms with van der Waals surface area (Å²) in [5.74, 6) is -0.339. The van der Waals surface area contributed by atoms with Gasteiger partial charge in [0.25, 0.3) is 5.91 Å². The first kappa shape index (κ1) is 12.8. The third kappa shape index (κ3) is 2.16. The zero-order valence-electron chi connectivity index (χ0n) is 10.6. The molecule has 0 fully saturated rings. The molecule has 2 N–H and O–H groups in total. The van der Waals surface area contributed by atoms with Gasteiger partial charge in [0, 0.05) is 12.1 Å². The van der Waals surface area contributed by atoms with E-state index in [2.05, 4.69) is 0 Å². The van der Waals surface area contributed by atoms with Gasteiger partial charge in [-0.2, -0.15) is 0 Å². The fourth-order valence-corrected chi connectivity index (χ4v) is 2.43. The topological polar surface area (TPSA) is 63.4 Å². The summed E-state index contributed by atoms with van der Waals surface area (Å²) in [4.78, 5) is 25.8. The Morgan fingerprint density at radius 3 is 2.72 bits per heavy atom. The Morgan fingerprint density at radius 1 is 1.33 bits per heavy atom. The minimum Gasteiger partial charge on any atom is -0.328 e. The third-order valence-corrected chi connectivity index (χ3v) is 3.34. The molecule has 1 aromatic rings. The molecule has 2 rings (SSSR count). The minimum absolute atomic E-state index is 0.136. The second-order valence-electron chi connectivity index (χ2n) is 4.58. The summed E-state index contributed by atoms with van der Waals surface area (Å²) in [5.41, 5.74) is 7.13. The Morgan fingerprint density at radius 2 is 2.06 bits per heavy atom. The van der Waals surface area contributed by atoms with E-state index < -0.39 is 0 Å². The van der Waals surface area contributed by atoms with Crippen LogP contribution in [0.1, 0.15) is 35.7 Å². The van der Waals surface area contributed by atoms with E-state index in [0.717, 1.165) is 18.4 Å². The number of fused-ring (bicyclic) bond motifs is 1. The lowest BCUT2D eigenvalue weighted by Crippen LogP contribution is -2.51. The molecule has 1 heterocycles. The first-order chi connectivity index (χ1) is 8.69. The van der Waals surface area contributed by atoms with Crippen LogP contribution in [0, 0.1) is 0 Å². The summed E-state index contributed by atoms with van der Waals surface area (Å²) < 4.78 is 0. The summed E-state index contributed by atoms with van der Waals surface area (Å²) in [7, 11) is 0. The van der Waals surface area contributed by atoms with Gasteiger partial charge in [-0.1, -0.05) is 31.5 Å². The smallest absolute Gasteiger partial charge is 0.261 e. The van der Waals surface area contributed by atoms with Crippen LogP contribution in [0.2, 0.25) is 0 Å². The van der Waals surface area contributed by atoms with Crippen molar-refractivity contribution in [1.29, 1.82) is 0 Å². The second kappa shape index (κ2) is 5.31. The van der Waals surface area contributed by atoms with E-state index in [1.807, 2.05) is 25.1 Å². The van der Waals surface area contributed by atoms with Crippen LogP contribution in [0.3, 0.4) is 0 Å². The molecule has 1 aliphatic rings. The monoisotopic (exact) mass is 246 g/mol. The molecule has 1 unspecified atom stereocenters. The number of nitrogens with two attached hydrogens (primary N) is 1. The molecule has 4 nitrogen and oxygen atoms in total. The number of carbonyl (C=O) groups is 2. The van der Waals surface area contributed by atoms with Crippen molar-refractivity contribution in [2.75, 3.05) is 6.54 Å². The van der Waals surface area contributed by atoms with Crippen molar-refractivity contribution < 1.29 is 9.59 Å². The van der Waals surface area contributed by atoms with Gasteiger partial charge in [0.15, 0.2) is 0 Å². The Balaban J connectivity index is 2.34. The predicted octanol–water partition coefficient (Wildman–Crippen LogP) is 1.34. The number of imide groups is 1. The summed E-state index contributed by atoms with van der Waals surface area (Å²) in [6, 6.07) is 7.10. The number of hydrogen-bond donors (Lipinski definition) is 1. The predicted molar refractivity (Wildman–Crippen MR) is 69.1 cm³/mol. The standard InChI is InChI=1S/C14H18N2O2/c1-2-5-11(9-15)16-13(17)8-10-6-3-4-7-12(10)14(16)18/h3-4,6-7,11H,2,5,8-9,15H2,1H3. The van der Waals surface area contributed by atoms with Crippen LogP contribution in [0.5, 0.6) is 0 Å². The Bertz CT molecular complexity index is 471. The summed E-state index contributed by atoms with van der Waals surface area (Å²) in [6.07, 6.45) is 1.96. The molecule has 2 amide bonds. The maximum absolute atomic E-state index is 12.4. The lowest BCUT2D eigenvalue weighted by molar-refractivity contribution is -0.130. The van der Waals surface area contributed by atoms with Crippen LogP contribution in [0.25, 0.3) is 0 Å². The molecule has 0 saturated carbocycles. The maximum Gasteiger partial charge on any atom is 0.261 e. The number of carbonyl (C=O) groups excluding carboxylic acids is 2. The molecule has 96 valence electrons. The van der Waals surface area contributed by atoms with Crippen LogP contribution < -0.4 is 5.73 Å². The molecule has 1 aliphatic heterocycles. The van der Waals surface area contributed by atoms with Crippen LogP contribution in [0.4, 0.5) is 0 Å². The van der Waals surface area contributed by atoms with Crippen LogP contribution >= 0.6 is 0 Å². The summed E-state index contributed by atoms with van der Waals surface area (Å²) in [6.45, 7) is 2.35. The molecule has 0 aliphatic carbocycles. The van der Waals surface area contributed by atoms with E-state index in [-0.39, 0.29) is 17.9 Å². The van der Waals surface area contributed by atoms with Gasteiger partial charge in [-0.25, -0.2) is 0 Å². The fourth-order valence-electron chi connectivity index (χ4n) is 2.43. The Hall–Kier alpha value is -1.68. The van der Waals surface area contributed by atoms with Gasteiger partial charge in [0.05, 0.1) is 12.5 Å². The van der Waals surface area contributed by atoms with E-state index in [1.165, 1.54) is 4.90 Å². The van der Waals surface area contributed by atoms with Crippen molar-refractivity contribution in [2.24, 2.45) is 5.73 Å². The molecular formula is C14H18N2O2. The van der Waals surface area contributed by atoms with Crippen LogP contribution in [-0.2, 0) is 11.2 Å². The highest BCUT2D eigenvalue weighted by molar-refractivity contribution is 6.10. The molecule has 1 aromatic carbocycles. The quantitative estimate of drug-likeness (QED) is 0.815. The largest absolute Gasteiger partial charge is 0.328 e. The Kier molecular flexibility index (Phi) is 3.77. The molecule has 0 saturated heterocycles. The lowest BCUT2D eigenvalue weighted by atomic mass is 9.96. The Labute approximate surface area is 107 Å². The molecule has 0 bridgehead atoms. The average molecular weight is 246 g/mol. The van der Waals surface area contributed by atoms with Crippen molar-refractivity contribution in [3.8, 4) is 0 Å². The SMILES string of the molecule is CCCC(CN)N1C(=O)Cc2ccccc2C1=O. The number of nitrogens with zero attached hydrogens (tertiary/aromatic N) is 1. The van der Waals surface area contributed by atoms with Gasteiger partial charge in [0.1, 0.15) is 0 Å². The number of hydrogen-bond acceptors (Lipinski definition) is 3. The average Bonchev–Trinajstić information content (AvgIpc) is 2.37. The number of rotatable bonds is 4. The molecule has 0 radical (unpaired) electrons.